The average Bonchev–Trinajstić information content (AvgIpc) is 2.33. The van der Waals surface area contributed by atoms with Gasteiger partial charge in [0.1, 0.15) is 0 Å². The maximum absolute atomic E-state index is 13.4. The Bertz CT molecular complexity index is 598. The Morgan fingerprint density at radius 2 is 1.94 bits per heavy atom. The van der Waals surface area contributed by atoms with Crippen LogP contribution < -0.4 is 9.67 Å². The summed E-state index contributed by atoms with van der Waals surface area (Å²) in [6.45, 7) is 1.90. The van der Waals surface area contributed by atoms with E-state index in [4.69, 9.17) is 0 Å². The number of benzene rings is 2. The number of nitrogens with one attached hydrogen (secondary N) is 1. The van der Waals surface area contributed by atoms with E-state index >= 15 is 0 Å². The second-order valence-corrected chi connectivity index (χ2v) is 5.02. The van der Waals surface area contributed by atoms with Crippen LogP contribution in [0.25, 0.3) is 0 Å². The van der Waals surface area contributed by atoms with Gasteiger partial charge in [0.2, 0.25) is 0 Å². The van der Waals surface area contributed by atoms with Crippen LogP contribution in [0.3, 0.4) is 0 Å². The summed E-state index contributed by atoms with van der Waals surface area (Å²) in [5.41, 5.74) is 1.68. The number of hydrogen-bond donors (Lipinski definition) is 1. The van der Waals surface area contributed by atoms with E-state index in [0.29, 0.717) is 5.69 Å². The van der Waals surface area contributed by atoms with Gasteiger partial charge < -0.3 is 0 Å². The van der Waals surface area contributed by atoms with Crippen LogP contribution in [0.5, 0.6) is 0 Å². The van der Waals surface area contributed by atoms with Gasteiger partial charge in [0, 0.05) is 0 Å². The molecule has 90 valence electrons. The summed E-state index contributed by atoms with van der Waals surface area (Å²) >= 11 is 2.44. The Morgan fingerprint density at radius 3 is 2.61 bits per heavy atom. The Hall–Kier alpha value is -1.60. The van der Waals surface area contributed by atoms with Crippen LogP contribution in [0, 0.1) is 12.7 Å². The predicted molar refractivity (Wildman–Crippen MR) is 70.9 cm³/mol. The van der Waals surface area contributed by atoms with E-state index in [1.165, 1.54) is 12.1 Å². The third-order valence-electron chi connectivity index (χ3n) is 2.58. The van der Waals surface area contributed by atoms with Gasteiger partial charge in [-0.05, 0) is 0 Å². The molecule has 2 aromatic rings. The van der Waals surface area contributed by atoms with E-state index in [2.05, 4.69) is 22.2 Å². The van der Waals surface area contributed by atoms with E-state index in [-0.39, 0.29) is 5.56 Å². The molecule has 0 saturated heterocycles. The number of anilines is 1. The van der Waals surface area contributed by atoms with Crippen molar-refractivity contribution in [2.45, 2.75) is 6.92 Å². The van der Waals surface area contributed by atoms with E-state index < -0.39 is 11.7 Å². The van der Waals surface area contributed by atoms with Crippen LogP contribution in [-0.4, -0.2) is 22.8 Å². The molecule has 2 rings (SSSR count). The van der Waals surface area contributed by atoms with Crippen LogP contribution in [0.2, 0.25) is 0 Å². The van der Waals surface area contributed by atoms with E-state index in [1.54, 1.807) is 12.1 Å². The van der Waals surface area contributed by atoms with Crippen molar-refractivity contribution in [3.8, 4) is 0 Å². The molecule has 0 fully saturated rings. The summed E-state index contributed by atoms with van der Waals surface area (Å²) in [5.74, 6) is -0.953. The molecule has 0 saturated carbocycles. The summed E-state index contributed by atoms with van der Waals surface area (Å²) in [6, 6.07) is 11.6. The first-order valence-corrected chi connectivity index (χ1v) is 6.37. The molecule has 0 spiro atoms. The number of rotatable bonds is 2. The van der Waals surface area contributed by atoms with Crippen molar-refractivity contribution < 1.29 is 9.18 Å². The Labute approximate surface area is 114 Å². The monoisotopic (exact) mass is 303 g/mol. The summed E-state index contributed by atoms with van der Waals surface area (Å²) < 4.78 is 14.5. The van der Waals surface area contributed by atoms with Crippen molar-refractivity contribution >= 4 is 32.8 Å². The Morgan fingerprint density at radius 1 is 1.22 bits per heavy atom. The molecule has 0 bridgehead atoms. The fourth-order valence-corrected chi connectivity index (χ4v) is 2.19. The number of carbonyl (C=O) groups excluding carboxylic acids is 1. The molecule has 0 aliphatic heterocycles. The van der Waals surface area contributed by atoms with Crippen LogP contribution >= 0.6 is 0 Å². The zero-order chi connectivity index (χ0) is 13.1. The first-order chi connectivity index (χ1) is 8.58. The normalized spacial score (nSPS) is 10.2. The number of amides is 1. The van der Waals surface area contributed by atoms with Gasteiger partial charge in [-0.25, -0.2) is 0 Å². The number of carbonyl (C=O) groups is 1. The van der Waals surface area contributed by atoms with Crippen LogP contribution in [0.15, 0.2) is 42.5 Å². The average molecular weight is 303 g/mol. The van der Waals surface area contributed by atoms with Gasteiger partial charge >= 0.3 is 114 Å². The molecule has 18 heavy (non-hydrogen) atoms. The van der Waals surface area contributed by atoms with Crippen LogP contribution in [0.1, 0.15) is 15.9 Å². The fraction of sp³-hybridized carbons (Fsp3) is 0.0714. The molecular weight excluding hydrogens is 292 g/mol. The summed E-state index contributed by atoms with van der Waals surface area (Å²) in [6.07, 6.45) is 0. The molecule has 0 aliphatic carbocycles. The second kappa shape index (κ2) is 5.36. The van der Waals surface area contributed by atoms with E-state index in [9.17, 15) is 9.18 Å². The van der Waals surface area contributed by atoms with Crippen molar-refractivity contribution in [3.63, 3.8) is 0 Å². The van der Waals surface area contributed by atoms with Crippen LogP contribution in [-0.2, 0) is 0 Å². The van der Waals surface area contributed by atoms with Gasteiger partial charge in [-0.15, -0.1) is 0 Å². The fourth-order valence-electron chi connectivity index (χ4n) is 1.62. The molecule has 0 atom stereocenters. The van der Waals surface area contributed by atoms with Crippen molar-refractivity contribution in [1.82, 2.24) is 0 Å². The standard InChI is InChI=1S/C14H11AsFNO/c1-9-8-10(15)6-7-13(9)17-14(18)11-4-2-3-5-12(11)16/h2-8H,1H3,(H,17,18). The third-order valence-corrected chi connectivity index (χ3v) is 3.16. The minimum atomic E-state index is -0.517. The minimum absolute atomic E-state index is 0.0493. The van der Waals surface area contributed by atoms with Crippen molar-refractivity contribution in [2.24, 2.45) is 0 Å². The number of hydrogen-bond acceptors (Lipinski definition) is 1. The molecule has 0 aliphatic rings. The molecule has 0 heterocycles. The van der Waals surface area contributed by atoms with Crippen molar-refractivity contribution in [2.75, 3.05) is 5.32 Å². The van der Waals surface area contributed by atoms with E-state index in [0.717, 1.165) is 9.91 Å². The summed E-state index contributed by atoms with van der Waals surface area (Å²) in [7, 11) is 0. The first kappa shape index (κ1) is 12.8. The Balaban J connectivity index is 2.24. The summed E-state index contributed by atoms with van der Waals surface area (Å²) in [4.78, 5) is 11.9. The van der Waals surface area contributed by atoms with Gasteiger partial charge in [0.05, 0.1) is 0 Å². The molecule has 2 aromatic carbocycles. The molecule has 1 amide bonds. The first-order valence-electron chi connectivity index (χ1n) is 5.43. The maximum atomic E-state index is 13.4. The van der Waals surface area contributed by atoms with Gasteiger partial charge in [-0.3, -0.25) is 0 Å². The van der Waals surface area contributed by atoms with E-state index in [1.807, 2.05) is 25.1 Å². The SMILES string of the molecule is Cc1cc([As])ccc1NC(=O)c1ccccc1F. The van der Waals surface area contributed by atoms with Crippen molar-refractivity contribution in [1.29, 1.82) is 0 Å². The number of halogens is 1. The van der Waals surface area contributed by atoms with Gasteiger partial charge in [0.25, 0.3) is 0 Å². The zero-order valence-corrected chi connectivity index (χ0v) is 11.7. The van der Waals surface area contributed by atoms with Crippen LogP contribution in [0.4, 0.5) is 10.1 Å². The Kier molecular flexibility index (Phi) is 3.83. The topological polar surface area (TPSA) is 29.1 Å². The van der Waals surface area contributed by atoms with Gasteiger partial charge in [-0.2, -0.15) is 0 Å². The van der Waals surface area contributed by atoms with Gasteiger partial charge in [0.15, 0.2) is 0 Å². The zero-order valence-electron chi connectivity index (χ0n) is 9.77. The molecule has 2 radical (unpaired) electrons. The molecule has 2 nitrogen and oxygen atoms in total. The molecule has 0 aromatic heterocycles. The second-order valence-electron chi connectivity index (χ2n) is 3.93. The number of aryl methyl sites for hydroxylation is 1. The third kappa shape index (κ3) is 2.80. The van der Waals surface area contributed by atoms with Gasteiger partial charge in [-0.1, -0.05) is 0 Å². The molecule has 1 N–H and O–H groups in total. The van der Waals surface area contributed by atoms with Crippen molar-refractivity contribution in [3.05, 3.63) is 59.4 Å². The quantitative estimate of drug-likeness (QED) is 0.847. The molecular formula is C14H11AsFNO. The summed E-state index contributed by atoms with van der Waals surface area (Å²) in [5, 5.41) is 2.71. The molecule has 4 heteroatoms. The predicted octanol–water partition coefficient (Wildman–Crippen LogP) is 2.18. The molecule has 0 unspecified atom stereocenters.